The molecule has 0 saturated heterocycles. The zero-order valence-electron chi connectivity index (χ0n) is 6.89. The first-order chi connectivity index (χ1) is 4.72. The van der Waals surface area contributed by atoms with E-state index in [0.717, 1.165) is 0 Å². The monoisotopic (exact) mass is 140 g/mol. The highest BCUT2D eigenvalue weighted by Crippen LogP contribution is 2.04. The van der Waals surface area contributed by atoms with E-state index in [0.29, 0.717) is 5.92 Å². The number of hydrogen-bond donors (Lipinski definition) is 2. The summed E-state index contributed by atoms with van der Waals surface area (Å²) in [5, 5.41) is 3.07. The van der Waals surface area contributed by atoms with Gasteiger partial charge in [0, 0.05) is 18.1 Å². The first kappa shape index (κ1) is 9.08. The fourth-order valence-electron chi connectivity index (χ4n) is 0.728. The third kappa shape index (κ3) is 3.17. The molecule has 10 heavy (non-hydrogen) atoms. The average molecular weight is 140 g/mol. The fraction of sp³-hybridized carbons (Fsp3) is 0.500. The minimum atomic E-state index is 0.529. The number of nitrogens with two attached hydrogens (primary N) is 1. The van der Waals surface area contributed by atoms with Crippen LogP contribution in [0.3, 0.4) is 0 Å². The van der Waals surface area contributed by atoms with Crippen molar-refractivity contribution in [2.24, 2.45) is 11.7 Å². The van der Waals surface area contributed by atoms with Crippen molar-refractivity contribution in [3.63, 3.8) is 0 Å². The SMILES string of the molecule is C/C=C(\N/C=C\N)C(C)C. The van der Waals surface area contributed by atoms with Crippen molar-refractivity contribution in [1.82, 2.24) is 5.32 Å². The normalized spacial score (nSPS) is 13.0. The van der Waals surface area contributed by atoms with Gasteiger partial charge in [0.2, 0.25) is 0 Å². The molecule has 0 atom stereocenters. The molecule has 2 nitrogen and oxygen atoms in total. The lowest BCUT2D eigenvalue weighted by molar-refractivity contribution is 0.711. The van der Waals surface area contributed by atoms with Gasteiger partial charge in [-0.1, -0.05) is 19.9 Å². The van der Waals surface area contributed by atoms with E-state index in [1.807, 2.05) is 13.0 Å². The zero-order valence-corrected chi connectivity index (χ0v) is 6.89. The second kappa shape index (κ2) is 4.91. The van der Waals surface area contributed by atoms with Crippen molar-refractivity contribution < 1.29 is 0 Å². The summed E-state index contributed by atoms with van der Waals surface area (Å²) in [5.74, 6) is 0.529. The van der Waals surface area contributed by atoms with E-state index in [2.05, 4.69) is 19.2 Å². The third-order valence-electron chi connectivity index (χ3n) is 1.28. The van der Waals surface area contributed by atoms with Gasteiger partial charge in [-0.3, -0.25) is 0 Å². The summed E-state index contributed by atoms with van der Waals surface area (Å²) < 4.78 is 0. The van der Waals surface area contributed by atoms with E-state index in [9.17, 15) is 0 Å². The van der Waals surface area contributed by atoms with E-state index >= 15 is 0 Å². The summed E-state index contributed by atoms with van der Waals surface area (Å²) >= 11 is 0. The molecule has 0 bridgehead atoms. The van der Waals surface area contributed by atoms with Crippen molar-refractivity contribution >= 4 is 0 Å². The lowest BCUT2D eigenvalue weighted by Gasteiger charge is -2.09. The van der Waals surface area contributed by atoms with Crippen LogP contribution in [0.1, 0.15) is 20.8 Å². The molecule has 3 N–H and O–H groups in total. The summed E-state index contributed by atoms with van der Waals surface area (Å²) in [7, 11) is 0. The Kier molecular flexibility index (Phi) is 4.46. The van der Waals surface area contributed by atoms with Crippen molar-refractivity contribution in [1.29, 1.82) is 0 Å². The van der Waals surface area contributed by atoms with Gasteiger partial charge in [-0.05, 0) is 12.8 Å². The fourth-order valence-corrected chi connectivity index (χ4v) is 0.728. The lowest BCUT2D eigenvalue weighted by Crippen LogP contribution is -2.10. The van der Waals surface area contributed by atoms with Crippen LogP contribution in [-0.2, 0) is 0 Å². The van der Waals surface area contributed by atoms with Crippen LogP contribution in [0.2, 0.25) is 0 Å². The maximum Gasteiger partial charge on any atom is 0.0164 e. The van der Waals surface area contributed by atoms with E-state index < -0.39 is 0 Å². The maximum atomic E-state index is 5.16. The predicted molar refractivity (Wildman–Crippen MR) is 45.1 cm³/mol. The van der Waals surface area contributed by atoms with E-state index in [4.69, 9.17) is 5.73 Å². The lowest BCUT2D eigenvalue weighted by atomic mass is 10.1. The van der Waals surface area contributed by atoms with Gasteiger partial charge < -0.3 is 11.1 Å². The second-order valence-electron chi connectivity index (χ2n) is 2.40. The molecule has 0 amide bonds. The Balaban J connectivity index is 3.86. The quantitative estimate of drug-likeness (QED) is 0.624. The predicted octanol–water partition coefficient (Wildman–Crippen LogP) is 1.57. The first-order valence-corrected chi connectivity index (χ1v) is 3.51. The number of rotatable bonds is 3. The van der Waals surface area contributed by atoms with Gasteiger partial charge in [-0.15, -0.1) is 0 Å². The molecule has 0 radical (unpaired) electrons. The second-order valence-corrected chi connectivity index (χ2v) is 2.40. The molecular formula is C8H16N2. The molecule has 0 aromatic heterocycles. The average Bonchev–Trinajstić information content (AvgIpc) is 1.89. The van der Waals surface area contributed by atoms with E-state index in [1.165, 1.54) is 11.9 Å². The van der Waals surface area contributed by atoms with Crippen LogP contribution in [-0.4, -0.2) is 0 Å². The molecule has 0 heterocycles. The molecule has 2 heteroatoms. The molecule has 0 aromatic carbocycles. The van der Waals surface area contributed by atoms with Crippen LogP contribution in [0.4, 0.5) is 0 Å². The molecular weight excluding hydrogens is 124 g/mol. The summed E-state index contributed by atoms with van der Waals surface area (Å²) in [6, 6.07) is 0. The molecule has 0 aromatic rings. The largest absolute Gasteiger partial charge is 0.403 e. The Bertz CT molecular complexity index is 134. The molecule has 0 aliphatic carbocycles. The topological polar surface area (TPSA) is 38.0 Å². The minimum absolute atomic E-state index is 0.529. The zero-order chi connectivity index (χ0) is 7.98. The van der Waals surface area contributed by atoms with Gasteiger partial charge in [-0.2, -0.15) is 0 Å². The molecule has 0 aliphatic heterocycles. The Morgan fingerprint density at radius 2 is 2.10 bits per heavy atom. The van der Waals surface area contributed by atoms with Gasteiger partial charge in [0.15, 0.2) is 0 Å². The van der Waals surface area contributed by atoms with Gasteiger partial charge in [-0.25, -0.2) is 0 Å². The van der Waals surface area contributed by atoms with Crippen LogP contribution < -0.4 is 11.1 Å². The smallest absolute Gasteiger partial charge is 0.0164 e. The molecule has 0 aliphatic rings. The van der Waals surface area contributed by atoms with Crippen molar-refractivity contribution in [2.45, 2.75) is 20.8 Å². The molecule has 0 rings (SSSR count). The van der Waals surface area contributed by atoms with Crippen molar-refractivity contribution in [2.75, 3.05) is 0 Å². The standard InChI is InChI=1S/C8H16N2/c1-4-8(7(2)3)10-6-5-9/h4-7,10H,9H2,1-3H3/b6-5-,8-4-. The maximum absolute atomic E-state index is 5.16. The van der Waals surface area contributed by atoms with E-state index in [-0.39, 0.29) is 0 Å². The number of nitrogens with one attached hydrogen (secondary N) is 1. The molecule has 0 fully saturated rings. The third-order valence-corrected chi connectivity index (χ3v) is 1.28. The van der Waals surface area contributed by atoms with Gasteiger partial charge >= 0.3 is 0 Å². The van der Waals surface area contributed by atoms with E-state index in [1.54, 1.807) is 6.20 Å². The Morgan fingerprint density at radius 3 is 2.40 bits per heavy atom. The van der Waals surface area contributed by atoms with Crippen LogP contribution in [0.15, 0.2) is 24.2 Å². The number of hydrogen-bond acceptors (Lipinski definition) is 2. The number of allylic oxidation sites excluding steroid dienone is 2. The molecule has 0 unspecified atom stereocenters. The Hall–Kier alpha value is -0.920. The van der Waals surface area contributed by atoms with Crippen molar-refractivity contribution in [3.8, 4) is 0 Å². The van der Waals surface area contributed by atoms with Crippen LogP contribution >= 0.6 is 0 Å². The molecule has 0 spiro atoms. The van der Waals surface area contributed by atoms with Crippen LogP contribution in [0.25, 0.3) is 0 Å². The summed E-state index contributed by atoms with van der Waals surface area (Å²) in [6.07, 6.45) is 5.27. The highest BCUT2D eigenvalue weighted by atomic mass is 14.9. The highest BCUT2D eigenvalue weighted by molar-refractivity contribution is 5.03. The first-order valence-electron chi connectivity index (χ1n) is 3.51. The summed E-state index contributed by atoms with van der Waals surface area (Å²) in [6.45, 7) is 6.27. The van der Waals surface area contributed by atoms with Crippen LogP contribution in [0, 0.1) is 5.92 Å². The summed E-state index contributed by atoms with van der Waals surface area (Å²) in [5.41, 5.74) is 6.36. The minimum Gasteiger partial charge on any atom is -0.403 e. The summed E-state index contributed by atoms with van der Waals surface area (Å²) in [4.78, 5) is 0. The van der Waals surface area contributed by atoms with Gasteiger partial charge in [0.25, 0.3) is 0 Å². The van der Waals surface area contributed by atoms with Crippen LogP contribution in [0.5, 0.6) is 0 Å². The molecule has 58 valence electrons. The Morgan fingerprint density at radius 1 is 1.50 bits per heavy atom. The van der Waals surface area contributed by atoms with Crippen molar-refractivity contribution in [3.05, 3.63) is 24.2 Å². The molecule has 0 saturated carbocycles. The van der Waals surface area contributed by atoms with Gasteiger partial charge in [0.05, 0.1) is 0 Å². The Labute approximate surface area is 62.8 Å². The highest BCUT2D eigenvalue weighted by Gasteiger charge is 1.96. The van der Waals surface area contributed by atoms with Gasteiger partial charge in [0.1, 0.15) is 0 Å².